The molecular formula is C17H19BrN4O5S. The van der Waals surface area contributed by atoms with Crippen LogP contribution in [-0.4, -0.2) is 41.7 Å². The monoisotopic (exact) mass is 470 g/mol. The van der Waals surface area contributed by atoms with Crippen LogP contribution in [0.4, 0.5) is 5.69 Å². The third kappa shape index (κ3) is 4.26. The number of aromatic nitrogens is 2. The van der Waals surface area contributed by atoms with Crippen LogP contribution >= 0.6 is 15.9 Å². The lowest BCUT2D eigenvalue weighted by Gasteiger charge is -2.31. The number of amides is 1. The minimum atomic E-state index is -4.15. The maximum absolute atomic E-state index is 13.0. The summed E-state index contributed by atoms with van der Waals surface area (Å²) < 4.78 is 27.9. The second kappa shape index (κ2) is 8.02. The van der Waals surface area contributed by atoms with Crippen molar-refractivity contribution in [2.24, 2.45) is 5.92 Å². The number of H-pyrrole nitrogens is 2. The van der Waals surface area contributed by atoms with Crippen LogP contribution in [0.2, 0.25) is 0 Å². The number of anilines is 1. The number of nitrogens with one attached hydrogen (secondary N) is 3. The number of rotatable bonds is 4. The van der Waals surface area contributed by atoms with Gasteiger partial charge in [-0.2, -0.15) is 4.31 Å². The van der Waals surface area contributed by atoms with Gasteiger partial charge in [-0.1, -0.05) is 15.9 Å². The lowest BCUT2D eigenvalue weighted by molar-refractivity contribution is -0.120. The molecule has 1 fully saturated rings. The van der Waals surface area contributed by atoms with Gasteiger partial charge in [0.15, 0.2) is 4.90 Å². The summed E-state index contributed by atoms with van der Waals surface area (Å²) in [7, 11) is -4.15. The number of aryl methyl sites for hydroxylation is 1. The second-order valence-corrected chi connectivity index (χ2v) is 9.35. The van der Waals surface area contributed by atoms with E-state index in [1.165, 1.54) is 6.92 Å². The van der Waals surface area contributed by atoms with Crippen molar-refractivity contribution in [3.8, 4) is 0 Å². The van der Waals surface area contributed by atoms with Crippen LogP contribution in [0.3, 0.4) is 0 Å². The lowest BCUT2D eigenvalue weighted by atomic mass is 9.99. The van der Waals surface area contributed by atoms with E-state index in [-0.39, 0.29) is 24.7 Å². The average Bonchev–Trinajstić information content (AvgIpc) is 2.62. The standard InChI is InChI=1S/C17H19BrN4O5S/c1-10-14(16(24)21-17(25)19-10)28(26,27)22-8-2-3-11(9-22)15(23)20-13-6-4-12(18)5-7-13/h4-7,11H,2-3,8-9H2,1H3,(H,20,23)(H2,19,21,24,25)/t11-/m0/s1. The van der Waals surface area contributed by atoms with E-state index in [1.54, 1.807) is 24.3 Å². The average molecular weight is 471 g/mol. The molecule has 0 radical (unpaired) electrons. The van der Waals surface area contributed by atoms with Crippen molar-refractivity contribution < 1.29 is 13.2 Å². The Hall–Kier alpha value is -2.24. The highest BCUT2D eigenvalue weighted by Gasteiger charge is 2.35. The van der Waals surface area contributed by atoms with Crippen LogP contribution in [0.15, 0.2) is 43.2 Å². The molecule has 1 atom stereocenters. The normalized spacial score (nSPS) is 18.0. The highest BCUT2D eigenvalue weighted by atomic mass is 79.9. The Kier molecular flexibility index (Phi) is 5.87. The zero-order chi connectivity index (χ0) is 20.5. The first-order valence-electron chi connectivity index (χ1n) is 8.58. The lowest BCUT2D eigenvalue weighted by Crippen LogP contribution is -2.45. The smallest absolute Gasteiger partial charge is 0.325 e. The molecule has 2 heterocycles. The fourth-order valence-electron chi connectivity index (χ4n) is 3.18. The maximum Gasteiger partial charge on any atom is 0.325 e. The van der Waals surface area contributed by atoms with E-state index in [0.29, 0.717) is 18.5 Å². The number of hydrogen-bond donors (Lipinski definition) is 3. The Morgan fingerprint density at radius 1 is 1.21 bits per heavy atom. The van der Waals surface area contributed by atoms with Gasteiger partial charge in [0.05, 0.1) is 5.92 Å². The molecule has 1 saturated heterocycles. The second-order valence-electron chi connectivity index (χ2n) is 6.56. The molecule has 1 aliphatic heterocycles. The summed E-state index contributed by atoms with van der Waals surface area (Å²) in [5.74, 6) is -0.830. The Balaban J connectivity index is 1.81. The van der Waals surface area contributed by atoms with E-state index < -0.39 is 32.1 Å². The number of sulfonamides is 1. The summed E-state index contributed by atoms with van der Waals surface area (Å²) in [6, 6.07) is 7.06. The SMILES string of the molecule is Cc1[nH]c(=O)[nH]c(=O)c1S(=O)(=O)N1CCC[C@H](C(=O)Nc2ccc(Br)cc2)C1. The number of carbonyl (C=O) groups is 1. The van der Waals surface area contributed by atoms with Gasteiger partial charge in [0.25, 0.3) is 5.56 Å². The summed E-state index contributed by atoms with van der Waals surface area (Å²) in [5.41, 5.74) is -1.16. The minimum Gasteiger partial charge on any atom is -0.326 e. The number of piperidine rings is 1. The molecule has 1 aliphatic rings. The topological polar surface area (TPSA) is 132 Å². The van der Waals surface area contributed by atoms with Crippen molar-refractivity contribution in [3.63, 3.8) is 0 Å². The highest BCUT2D eigenvalue weighted by Crippen LogP contribution is 2.24. The molecule has 11 heteroatoms. The van der Waals surface area contributed by atoms with Crippen molar-refractivity contribution in [1.29, 1.82) is 0 Å². The molecule has 0 saturated carbocycles. The first-order valence-corrected chi connectivity index (χ1v) is 10.8. The van der Waals surface area contributed by atoms with Crippen LogP contribution in [0, 0.1) is 12.8 Å². The van der Waals surface area contributed by atoms with Crippen LogP contribution < -0.4 is 16.6 Å². The Labute approximate surface area is 169 Å². The third-order valence-electron chi connectivity index (χ3n) is 4.54. The molecule has 1 amide bonds. The first kappa shape index (κ1) is 20.5. The van der Waals surface area contributed by atoms with Crippen molar-refractivity contribution in [2.75, 3.05) is 18.4 Å². The molecule has 9 nitrogen and oxygen atoms in total. The first-order chi connectivity index (χ1) is 13.2. The number of halogens is 1. The fraction of sp³-hybridized carbons (Fsp3) is 0.353. The van der Waals surface area contributed by atoms with Gasteiger partial charge in [0.2, 0.25) is 15.9 Å². The third-order valence-corrected chi connectivity index (χ3v) is 7.09. The van der Waals surface area contributed by atoms with E-state index >= 15 is 0 Å². The van der Waals surface area contributed by atoms with Crippen molar-refractivity contribution in [3.05, 3.63) is 55.3 Å². The van der Waals surface area contributed by atoms with Crippen molar-refractivity contribution in [2.45, 2.75) is 24.7 Å². The van der Waals surface area contributed by atoms with Gasteiger partial charge in [-0.05, 0) is 44.0 Å². The Bertz CT molecular complexity index is 1110. The van der Waals surface area contributed by atoms with Crippen LogP contribution in [0.5, 0.6) is 0 Å². The molecule has 0 unspecified atom stereocenters. The number of benzene rings is 1. The molecule has 1 aromatic heterocycles. The summed E-state index contributed by atoms with van der Waals surface area (Å²) in [5, 5.41) is 2.78. The number of aromatic amines is 2. The number of hydrogen-bond acceptors (Lipinski definition) is 5. The summed E-state index contributed by atoms with van der Waals surface area (Å²) >= 11 is 3.32. The molecule has 28 heavy (non-hydrogen) atoms. The molecule has 150 valence electrons. The highest BCUT2D eigenvalue weighted by molar-refractivity contribution is 9.10. The van der Waals surface area contributed by atoms with Gasteiger partial charge < -0.3 is 10.3 Å². The summed E-state index contributed by atoms with van der Waals surface area (Å²) in [6.07, 6.45) is 1.02. The molecule has 2 aromatic rings. The van der Waals surface area contributed by atoms with Gasteiger partial charge >= 0.3 is 5.69 Å². The van der Waals surface area contributed by atoms with Crippen LogP contribution in [0.25, 0.3) is 0 Å². The number of carbonyl (C=O) groups excluding carboxylic acids is 1. The Morgan fingerprint density at radius 3 is 2.54 bits per heavy atom. The zero-order valence-corrected chi connectivity index (χ0v) is 17.4. The maximum atomic E-state index is 13.0. The van der Waals surface area contributed by atoms with E-state index in [4.69, 9.17) is 0 Å². The molecule has 1 aromatic carbocycles. The molecule has 0 bridgehead atoms. The van der Waals surface area contributed by atoms with E-state index in [0.717, 1.165) is 8.78 Å². The molecular weight excluding hydrogens is 452 g/mol. The fourth-order valence-corrected chi connectivity index (χ4v) is 5.17. The molecule has 0 spiro atoms. The van der Waals surface area contributed by atoms with Crippen LogP contribution in [-0.2, 0) is 14.8 Å². The molecule has 3 N–H and O–H groups in total. The van der Waals surface area contributed by atoms with E-state index in [1.807, 2.05) is 4.98 Å². The minimum absolute atomic E-state index is 0.0322. The van der Waals surface area contributed by atoms with Crippen LogP contribution in [0.1, 0.15) is 18.5 Å². The van der Waals surface area contributed by atoms with Gasteiger partial charge in [0.1, 0.15) is 0 Å². The van der Waals surface area contributed by atoms with E-state index in [9.17, 15) is 22.8 Å². The predicted octanol–water partition coefficient (Wildman–Crippen LogP) is 1.17. The van der Waals surface area contributed by atoms with Crippen molar-refractivity contribution in [1.82, 2.24) is 14.3 Å². The van der Waals surface area contributed by atoms with Crippen molar-refractivity contribution >= 4 is 37.5 Å². The number of nitrogens with zero attached hydrogens (tertiary/aromatic N) is 1. The van der Waals surface area contributed by atoms with E-state index in [2.05, 4.69) is 26.2 Å². The molecule has 0 aliphatic carbocycles. The van der Waals surface area contributed by atoms with Gasteiger partial charge in [0, 0.05) is 28.9 Å². The Morgan fingerprint density at radius 2 is 1.89 bits per heavy atom. The predicted molar refractivity (Wildman–Crippen MR) is 107 cm³/mol. The van der Waals surface area contributed by atoms with Gasteiger partial charge in [-0.25, -0.2) is 13.2 Å². The zero-order valence-electron chi connectivity index (χ0n) is 15.0. The quantitative estimate of drug-likeness (QED) is 0.616. The molecule has 3 rings (SSSR count). The van der Waals surface area contributed by atoms with Gasteiger partial charge in [-0.3, -0.25) is 14.6 Å². The summed E-state index contributed by atoms with van der Waals surface area (Å²) in [4.78, 5) is 39.7. The summed E-state index contributed by atoms with van der Waals surface area (Å²) in [6.45, 7) is 1.51. The largest absolute Gasteiger partial charge is 0.326 e. The van der Waals surface area contributed by atoms with Gasteiger partial charge in [-0.15, -0.1) is 0 Å².